The molecule has 1 spiro atoms. The average molecular weight is 226 g/mol. The highest BCUT2D eigenvalue weighted by atomic mass is 16.5. The molecule has 2 heterocycles. The second-order valence-corrected chi connectivity index (χ2v) is 4.87. The third kappa shape index (κ3) is 2.38. The van der Waals surface area contributed by atoms with Gasteiger partial charge in [0.1, 0.15) is 6.61 Å². The minimum absolute atomic E-state index is 0.0465. The Kier molecular flexibility index (Phi) is 3.82. The van der Waals surface area contributed by atoms with Gasteiger partial charge in [0.25, 0.3) is 0 Å². The molecular weight excluding hydrogens is 204 g/mol. The summed E-state index contributed by atoms with van der Waals surface area (Å²) < 4.78 is 5.88. The Bertz CT molecular complexity index is 249. The smallest absolute Gasteiger partial charge is 0.246 e. The molecule has 2 N–H and O–H groups in total. The second kappa shape index (κ2) is 5.15. The minimum Gasteiger partial charge on any atom is -0.363 e. The molecule has 2 rings (SSSR count). The number of piperidine rings is 1. The number of ether oxygens (including phenoxy) is 1. The molecule has 1 amide bonds. The monoisotopic (exact) mass is 226 g/mol. The number of hydrogen-bond donors (Lipinski definition) is 2. The van der Waals surface area contributed by atoms with Gasteiger partial charge >= 0.3 is 0 Å². The van der Waals surface area contributed by atoms with Gasteiger partial charge in [0.15, 0.2) is 0 Å². The maximum Gasteiger partial charge on any atom is 0.246 e. The topological polar surface area (TPSA) is 50.4 Å². The summed E-state index contributed by atoms with van der Waals surface area (Å²) in [4.78, 5) is 11.4. The average Bonchev–Trinajstić information content (AvgIpc) is 2.32. The van der Waals surface area contributed by atoms with Crippen LogP contribution in [0.2, 0.25) is 0 Å². The van der Waals surface area contributed by atoms with Crippen molar-refractivity contribution in [3.63, 3.8) is 0 Å². The number of nitrogens with one attached hydrogen (secondary N) is 2. The van der Waals surface area contributed by atoms with Crippen LogP contribution in [0.4, 0.5) is 0 Å². The third-order valence-electron chi connectivity index (χ3n) is 3.76. The van der Waals surface area contributed by atoms with Crippen LogP contribution in [0.5, 0.6) is 0 Å². The Morgan fingerprint density at radius 3 is 2.88 bits per heavy atom. The highest BCUT2D eigenvalue weighted by Crippen LogP contribution is 2.32. The first-order valence-electron chi connectivity index (χ1n) is 6.41. The standard InChI is InChI=1S/C12H22N2O2/c1-2-3-4-10-12(5-7-13-8-6-12)16-9-11(15)14-10/h10,13H,2-9H2,1H3,(H,14,15). The summed E-state index contributed by atoms with van der Waals surface area (Å²) in [5, 5.41) is 6.47. The molecule has 0 aromatic carbocycles. The molecule has 0 saturated carbocycles. The summed E-state index contributed by atoms with van der Waals surface area (Å²) in [5.41, 5.74) is -0.0890. The second-order valence-electron chi connectivity index (χ2n) is 4.87. The highest BCUT2D eigenvalue weighted by molar-refractivity contribution is 5.78. The van der Waals surface area contributed by atoms with Crippen LogP contribution in [0.25, 0.3) is 0 Å². The van der Waals surface area contributed by atoms with Crippen molar-refractivity contribution in [3.8, 4) is 0 Å². The lowest BCUT2D eigenvalue weighted by Crippen LogP contribution is -2.63. The zero-order chi connectivity index (χ0) is 11.4. The van der Waals surface area contributed by atoms with E-state index in [1.54, 1.807) is 0 Å². The highest BCUT2D eigenvalue weighted by Gasteiger charge is 2.44. The van der Waals surface area contributed by atoms with Crippen molar-refractivity contribution in [3.05, 3.63) is 0 Å². The maximum atomic E-state index is 11.4. The van der Waals surface area contributed by atoms with E-state index in [-0.39, 0.29) is 24.2 Å². The van der Waals surface area contributed by atoms with Gasteiger partial charge in [-0.3, -0.25) is 4.79 Å². The van der Waals surface area contributed by atoms with Crippen molar-refractivity contribution in [2.24, 2.45) is 0 Å². The van der Waals surface area contributed by atoms with Gasteiger partial charge < -0.3 is 15.4 Å². The molecule has 2 fully saturated rings. The third-order valence-corrected chi connectivity index (χ3v) is 3.76. The van der Waals surface area contributed by atoms with E-state index in [4.69, 9.17) is 4.74 Å². The van der Waals surface area contributed by atoms with Gasteiger partial charge in [0.2, 0.25) is 5.91 Å². The van der Waals surface area contributed by atoms with E-state index in [0.717, 1.165) is 38.8 Å². The van der Waals surface area contributed by atoms with Gasteiger partial charge in [-0.2, -0.15) is 0 Å². The molecule has 92 valence electrons. The number of unbranched alkanes of at least 4 members (excludes halogenated alkanes) is 1. The van der Waals surface area contributed by atoms with Crippen molar-refractivity contribution in [1.29, 1.82) is 0 Å². The Hall–Kier alpha value is -0.610. The zero-order valence-corrected chi connectivity index (χ0v) is 10.1. The first-order chi connectivity index (χ1) is 7.77. The van der Waals surface area contributed by atoms with E-state index in [2.05, 4.69) is 17.6 Å². The predicted molar refractivity (Wildman–Crippen MR) is 62.2 cm³/mol. The molecule has 0 aromatic rings. The number of rotatable bonds is 3. The first-order valence-corrected chi connectivity index (χ1v) is 6.41. The van der Waals surface area contributed by atoms with E-state index in [1.165, 1.54) is 6.42 Å². The first kappa shape index (κ1) is 11.9. The van der Waals surface area contributed by atoms with Crippen LogP contribution in [-0.4, -0.2) is 37.2 Å². The van der Waals surface area contributed by atoms with Crippen LogP contribution >= 0.6 is 0 Å². The Morgan fingerprint density at radius 1 is 1.44 bits per heavy atom. The molecule has 1 atom stereocenters. The predicted octanol–water partition coefficient (Wildman–Crippen LogP) is 0.814. The van der Waals surface area contributed by atoms with E-state index in [9.17, 15) is 4.79 Å². The largest absolute Gasteiger partial charge is 0.363 e. The van der Waals surface area contributed by atoms with Crippen LogP contribution in [0.15, 0.2) is 0 Å². The summed E-state index contributed by atoms with van der Waals surface area (Å²) in [7, 11) is 0. The van der Waals surface area contributed by atoms with Gasteiger partial charge in [-0.1, -0.05) is 19.8 Å². The lowest BCUT2D eigenvalue weighted by atomic mass is 9.81. The van der Waals surface area contributed by atoms with Crippen molar-refractivity contribution < 1.29 is 9.53 Å². The lowest BCUT2D eigenvalue weighted by molar-refractivity contribution is -0.157. The van der Waals surface area contributed by atoms with E-state index in [0.29, 0.717) is 0 Å². The van der Waals surface area contributed by atoms with E-state index < -0.39 is 0 Å². The van der Waals surface area contributed by atoms with Crippen LogP contribution in [0.1, 0.15) is 39.0 Å². The number of amides is 1. The minimum atomic E-state index is -0.0890. The Morgan fingerprint density at radius 2 is 2.19 bits per heavy atom. The SMILES string of the molecule is CCCCC1NC(=O)COC12CCNCC2. The fourth-order valence-corrected chi connectivity index (χ4v) is 2.76. The van der Waals surface area contributed by atoms with Crippen LogP contribution in [-0.2, 0) is 9.53 Å². The Labute approximate surface area is 97.1 Å². The van der Waals surface area contributed by atoms with Crippen molar-refractivity contribution in [2.45, 2.75) is 50.7 Å². The zero-order valence-electron chi connectivity index (χ0n) is 10.1. The quantitative estimate of drug-likeness (QED) is 0.749. The van der Waals surface area contributed by atoms with Gasteiger partial charge in [0.05, 0.1) is 11.6 Å². The van der Waals surface area contributed by atoms with Gasteiger partial charge in [-0.25, -0.2) is 0 Å². The lowest BCUT2D eigenvalue weighted by Gasteiger charge is -2.46. The molecule has 0 bridgehead atoms. The molecule has 1 unspecified atom stereocenters. The van der Waals surface area contributed by atoms with Crippen LogP contribution < -0.4 is 10.6 Å². The summed E-state index contributed by atoms with van der Waals surface area (Å²) in [6, 6.07) is 0.218. The van der Waals surface area contributed by atoms with Crippen molar-refractivity contribution in [1.82, 2.24) is 10.6 Å². The Balaban J connectivity index is 2.03. The summed E-state index contributed by atoms with van der Waals surface area (Å²) >= 11 is 0. The molecule has 0 aliphatic carbocycles. The normalized spacial score (nSPS) is 29.1. The fourth-order valence-electron chi connectivity index (χ4n) is 2.76. The van der Waals surface area contributed by atoms with Crippen LogP contribution in [0, 0.1) is 0 Å². The molecule has 2 aliphatic rings. The molecular formula is C12H22N2O2. The molecule has 4 heteroatoms. The van der Waals surface area contributed by atoms with Gasteiger partial charge in [-0.05, 0) is 32.4 Å². The number of carbonyl (C=O) groups excluding carboxylic acids is 1. The molecule has 0 radical (unpaired) electrons. The molecule has 2 aliphatic heterocycles. The molecule has 4 nitrogen and oxygen atoms in total. The number of carbonyl (C=O) groups is 1. The number of hydrogen-bond acceptors (Lipinski definition) is 3. The summed E-state index contributed by atoms with van der Waals surface area (Å²) in [6.07, 6.45) is 5.40. The molecule has 16 heavy (non-hydrogen) atoms. The maximum absolute atomic E-state index is 11.4. The van der Waals surface area contributed by atoms with E-state index in [1.807, 2.05) is 0 Å². The van der Waals surface area contributed by atoms with Crippen molar-refractivity contribution in [2.75, 3.05) is 19.7 Å². The van der Waals surface area contributed by atoms with Crippen LogP contribution in [0.3, 0.4) is 0 Å². The summed E-state index contributed by atoms with van der Waals surface area (Å²) in [5.74, 6) is 0.0465. The fraction of sp³-hybridized carbons (Fsp3) is 0.917. The number of morpholine rings is 1. The molecule has 2 saturated heterocycles. The molecule has 0 aromatic heterocycles. The van der Waals surface area contributed by atoms with E-state index >= 15 is 0 Å². The summed E-state index contributed by atoms with van der Waals surface area (Å²) in [6.45, 7) is 4.42. The van der Waals surface area contributed by atoms with Gasteiger partial charge in [0, 0.05) is 0 Å². The van der Waals surface area contributed by atoms with Crippen molar-refractivity contribution >= 4 is 5.91 Å². The van der Waals surface area contributed by atoms with Gasteiger partial charge in [-0.15, -0.1) is 0 Å².